The minimum absolute atomic E-state index is 0.429. The molecular weight excluding hydrogens is 236 g/mol. The minimum Gasteiger partial charge on any atom is -0.397 e. The molecule has 3 rings (SSSR count). The van der Waals surface area contributed by atoms with Crippen molar-refractivity contribution < 1.29 is 4.52 Å². The fourth-order valence-corrected chi connectivity index (χ4v) is 2.15. The molecule has 0 amide bonds. The molecule has 3 heterocycles. The van der Waals surface area contributed by atoms with Crippen molar-refractivity contribution in [2.24, 2.45) is 0 Å². The largest absolute Gasteiger partial charge is 0.397 e. The lowest BCUT2D eigenvalue weighted by Crippen LogP contribution is -1.85. The molecule has 2 N–H and O–H groups in total. The average Bonchev–Trinajstić information content (AvgIpc) is 2.98. The Bertz CT molecular complexity index is 632. The van der Waals surface area contributed by atoms with Crippen LogP contribution in [0.15, 0.2) is 40.4 Å². The number of nitrogens with two attached hydrogens (primary N) is 1. The third-order valence-electron chi connectivity index (χ3n) is 2.21. The van der Waals surface area contributed by atoms with Crippen LogP contribution < -0.4 is 5.73 Å². The second-order valence-electron chi connectivity index (χ2n) is 3.34. The van der Waals surface area contributed by atoms with Crippen LogP contribution in [0, 0.1) is 0 Å². The van der Waals surface area contributed by atoms with E-state index in [0.717, 1.165) is 4.88 Å². The molecule has 3 aromatic rings. The highest BCUT2D eigenvalue weighted by atomic mass is 32.1. The molecule has 17 heavy (non-hydrogen) atoms. The first-order valence-corrected chi connectivity index (χ1v) is 5.81. The van der Waals surface area contributed by atoms with E-state index in [4.69, 9.17) is 10.3 Å². The van der Waals surface area contributed by atoms with E-state index in [1.807, 2.05) is 29.6 Å². The lowest BCUT2D eigenvalue weighted by molar-refractivity contribution is 0.433. The molecule has 84 valence electrons. The molecule has 0 fully saturated rings. The highest BCUT2D eigenvalue weighted by Gasteiger charge is 2.14. The van der Waals surface area contributed by atoms with Crippen LogP contribution in [0.25, 0.3) is 22.3 Å². The second kappa shape index (κ2) is 3.99. The maximum atomic E-state index is 5.79. The molecule has 0 saturated heterocycles. The maximum Gasteiger partial charge on any atom is 0.270 e. The summed E-state index contributed by atoms with van der Waals surface area (Å²) in [5, 5.41) is 5.77. The Morgan fingerprint density at radius 3 is 2.88 bits per heavy atom. The number of hydrogen-bond acceptors (Lipinski definition) is 6. The Labute approximate surface area is 101 Å². The number of anilines is 1. The fourth-order valence-electron chi connectivity index (χ4n) is 1.41. The van der Waals surface area contributed by atoms with Gasteiger partial charge in [-0.2, -0.15) is 4.98 Å². The Balaban J connectivity index is 2.02. The molecule has 3 aromatic heterocycles. The number of rotatable bonds is 2. The Hall–Kier alpha value is -2.21. The van der Waals surface area contributed by atoms with E-state index in [9.17, 15) is 0 Å². The zero-order chi connectivity index (χ0) is 11.7. The Kier molecular flexibility index (Phi) is 2.34. The Morgan fingerprint density at radius 2 is 2.18 bits per heavy atom. The highest BCUT2D eigenvalue weighted by molar-refractivity contribution is 7.14. The van der Waals surface area contributed by atoms with Gasteiger partial charge in [-0.15, -0.1) is 11.3 Å². The van der Waals surface area contributed by atoms with E-state index in [1.165, 1.54) is 11.3 Å². The van der Waals surface area contributed by atoms with Gasteiger partial charge in [0.1, 0.15) is 10.6 Å². The Morgan fingerprint density at radius 1 is 1.24 bits per heavy atom. The molecule has 0 spiro atoms. The molecule has 0 aliphatic heterocycles. The van der Waals surface area contributed by atoms with Gasteiger partial charge >= 0.3 is 0 Å². The number of pyridine rings is 1. The zero-order valence-electron chi connectivity index (χ0n) is 8.70. The van der Waals surface area contributed by atoms with Gasteiger partial charge in [-0.05, 0) is 23.6 Å². The molecule has 0 aliphatic rings. The van der Waals surface area contributed by atoms with Crippen LogP contribution >= 0.6 is 11.3 Å². The first kappa shape index (κ1) is 9.98. The summed E-state index contributed by atoms with van der Waals surface area (Å²) in [4.78, 5) is 9.22. The first-order valence-electron chi connectivity index (χ1n) is 4.93. The molecular formula is C11H8N4OS. The summed E-state index contributed by atoms with van der Waals surface area (Å²) >= 11 is 1.47. The molecule has 0 unspecified atom stereocenters. The molecule has 6 heteroatoms. The van der Waals surface area contributed by atoms with E-state index in [1.54, 1.807) is 6.20 Å². The van der Waals surface area contributed by atoms with Crippen LogP contribution in [0.2, 0.25) is 0 Å². The van der Waals surface area contributed by atoms with Crippen molar-refractivity contribution in [2.45, 2.75) is 0 Å². The van der Waals surface area contributed by atoms with Crippen molar-refractivity contribution in [1.29, 1.82) is 0 Å². The fraction of sp³-hybridized carbons (Fsp3) is 0. The van der Waals surface area contributed by atoms with Crippen LogP contribution in [0.1, 0.15) is 0 Å². The standard InChI is InChI=1S/C11H8N4OS/c12-7-4-6-17-9(7)11-14-10(15-16-11)8-3-1-2-5-13-8/h1-6H,12H2. The quantitative estimate of drug-likeness (QED) is 0.749. The normalized spacial score (nSPS) is 10.6. The molecule has 0 aromatic carbocycles. The second-order valence-corrected chi connectivity index (χ2v) is 4.26. The molecule has 0 aliphatic carbocycles. The summed E-state index contributed by atoms with van der Waals surface area (Å²) in [6.07, 6.45) is 1.69. The zero-order valence-corrected chi connectivity index (χ0v) is 9.52. The summed E-state index contributed by atoms with van der Waals surface area (Å²) in [5.74, 6) is 0.895. The molecule has 0 atom stereocenters. The summed E-state index contributed by atoms with van der Waals surface area (Å²) in [6.45, 7) is 0. The van der Waals surface area contributed by atoms with Crippen molar-refractivity contribution in [1.82, 2.24) is 15.1 Å². The average molecular weight is 244 g/mol. The summed E-state index contributed by atoms with van der Waals surface area (Å²) in [7, 11) is 0. The number of nitrogens with zero attached hydrogens (tertiary/aromatic N) is 3. The highest BCUT2D eigenvalue weighted by Crippen LogP contribution is 2.30. The number of thiophene rings is 1. The van der Waals surface area contributed by atoms with E-state index in [2.05, 4.69) is 15.1 Å². The van der Waals surface area contributed by atoms with Gasteiger partial charge in [0.25, 0.3) is 5.89 Å². The van der Waals surface area contributed by atoms with Crippen molar-refractivity contribution >= 4 is 17.0 Å². The topological polar surface area (TPSA) is 77.8 Å². The number of aromatic nitrogens is 3. The van der Waals surface area contributed by atoms with Crippen molar-refractivity contribution in [2.75, 3.05) is 5.73 Å². The summed E-state index contributed by atoms with van der Waals surface area (Å²) in [6, 6.07) is 7.34. The molecule has 0 bridgehead atoms. The van der Waals surface area contributed by atoms with E-state index in [0.29, 0.717) is 23.1 Å². The van der Waals surface area contributed by atoms with Crippen LogP contribution in [-0.2, 0) is 0 Å². The van der Waals surface area contributed by atoms with Gasteiger partial charge in [0.05, 0.1) is 5.69 Å². The van der Waals surface area contributed by atoms with Crippen molar-refractivity contribution in [3.8, 4) is 22.3 Å². The van der Waals surface area contributed by atoms with E-state index >= 15 is 0 Å². The lowest BCUT2D eigenvalue weighted by atomic mass is 10.3. The summed E-state index contributed by atoms with van der Waals surface area (Å²) < 4.78 is 5.17. The monoisotopic (exact) mass is 244 g/mol. The maximum absolute atomic E-state index is 5.79. The van der Waals surface area contributed by atoms with Crippen LogP contribution in [0.4, 0.5) is 5.69 Å². The summed E-state index contributed by atoms with van der Waals surface area (Å²) in [5.41, 5.74) is 7.11. The lowest BCUT2D eigenvalue weighted by Gasteiger charge is -1.90. The number of hydrogen-bond donors (Lipinski definition) is 1. The van der Waals surface area contributed by atoms with Crippen LogP contribution in [0.3, 0.4) is 0 Å². The van der Waals surface area contributed by atoms with Gasteiger partial charge < -0.3 is 10.3 Å². The van der Waals surface area contributed by atoms with Crippen molar-refractivity contribution in [3.63, 3.8) is 0 Å². The third kappa shape index (κ3) is 1.78. The van der Waals surface area contributed by atoms with E-state index < -0.39 is 0 Å². The molecule has 0 radical (unpaired) electrons. The minimum atomic E-state index is 0.429. The van der Waals surface area contributed by atoms with Gasteiger partial charge in [-0.3, -0.25) is 4.98 Å². The van der Waals surface area contributed by atoms with E-state index in [-0.39, 0.29) is 0 Å². The van der Waals surface area contributed by atoms with Crippen LogP contribution in [-0.4, -0.2) is 15.1 Å². The van der Waals surface area contributed by atoms with Gasteiger partial charge in [-0.25, -0.2) is 0 Å². The van der Waals surface area contributed by atoms with Gasteiger partial charge in [0.15, 0.2) is 0 Å². The third-order valence-corrected chi connectivity index (χ3v) is 3.13. The first-order chi connectivity index (χ1) is 8.34. The molecule has 0 saturated carbocycles. The molecule has 5 nitrogen and oxygen atoms in total. The van der Waals surface area contributed by atoms with Gasteiger partial charge in [0.2, 0.25) is 5.82 Å². The van der Waals surface area contributed by atoms with Crippen molar-refractivity contribution in [3.05, 3.63) is 35.8 Å². The van der Waals surface area contributed by atoms with Crippen LogP contribution in [0.5, 0.6) is 0 Å². The predicted molar refractivity (Wildman–Crippen MR) is 65.3 cm³/mol. The van der Waals surface area contributed by atoms with Gasteiger partial charge in [0, 0.05) is 6.20 Å². The van der Waals surface area contributed by atoms with Gasteiger partial charge in [-0.1, -0.05) is 11.2 Å². The predicted octanol–water partition coefficient (Wildman–Crippen LogP) is 2.44. The number of nitrogen functional groups attached to an aromatic ring is 1. The SMILES string of the molecule is Nc1ccsc1-c1nc(-c2ccccn2)no1. The smallest absolute Gasteiger partial charge is 0.270 e.